The van der Waals surface area contributed by atoms with Gasteiger partial charge in [-0.15, -0.1) is 11.3 Å². The van der Waals surface area contributed by atoms with Gasteiger partial charge in [-0.1, -0.05) is 11.6 Å². The SMILES string of the molecule is NC1CCCC1c1nc(-c2ccc(Br)s2)no1. The van der Waals surface area contributed by atoms with E-state index in [2.05, 4.69) is 26.1 Å². The molecule has 6 heteroatoms. The molecular formula is C11H12BrN3OS. The zero-order valence-corrected chi connectivity index (χ0v) is 11.5. The van der Waals surface area contributed by atoms with Gasteiger partial charge >= 0.3 is 0 Å². The first-order valence-electron chi connectivity index (χ1n) is 5.59. The lowest BCUT2D eigenvalue weighted by Crippen LogP contribution is -2.22. The van der Waals surface area contributed by atoms with Crippen molar-refractivity contribution in [2.75, 3.05) is 0 Å². The second-order valence-electron chi connectivity index (χ2n) is 4.26. The molecule has 2 heterocycles. The normalized spacial score (nSPS) is 24.4. The van der Waals surface area contributed by atoms with E-state index in [-0.39, 0.29) is 12.0 Å². The minimum Gasteiger partial charge on any atom is -0.339 e. The van der Waals surface area contributed by atoms with Crippen LogP contribution in [0.2, 0.25) is 0 Å². The summed E-state index contributed by atoms with van der Waals surface area (Å²) in [7, 11) is 0. The van der Waals surface area contributed by atoms with Gasteiger partial charge in [0.2, 0.25) is 11.7 Å². The monoisotopic (exact) mass is 313 g/mol. The van der Waals surface area contributed by atoms with E-state index in [0.29, 0.717) is 11.7 Å². The van der Waals surface area contributed by atoms with Gasteiger partial charge in [0.25, 0.3) is 0 Å². The van der Waals surface area contributed by atoms with Crippen LogP contribution in [0.4, 0.5) is 0 Å². The maximum atomic E-state index is 6.03. The fraction of sp³-hybridized carbons (Fsp3) is 0.455. The van der Waals surface area contributed by atoms with Gasteiger partial charge in [-0.05, 0) is 40.9 Å². The van der Waals surface area contributed by atoms with Gasteiger partial charge in [-0.3, -0.25) is 0 Å². The Morgan fingerprint density at radius 2 is 2.29 bits per heavy atom. The van der Waals surface area contributed by atoms with E-state index in [1.54, 1.807) is 11.3 Å². The van der Waals surface area contributed by atoms with Crippen molar-refractivity contribution in [1.29, 1.82) is 0 Å². The van der Waals surface area contributed by atoms with Crippen molar-refractivity contribution >= 4 is 27.3 Å². The maximum Gasteiger partial charge on any atom is 0.231 e. The smallest absolute Gasteiger partial charge is 0.231 e. The Bertz CT molecular complexity index is 524. The maximum absolute atomic E-state index is 6.03. The van der Waals surface area contributed by atoms with Crippen LogP contribution in [0, 0.1) is 0 Å². The van der Waals surface area contributed by atoms with E-state index in [4.69, 9.17) is 10.3 Å². The molecule has 1 aliphatic rings. The highest BCUT2D eigenvalue weighted by Crippen LogP contribution is 2.34. The van der Waals surface area contributed by atoms with Crippen molar-refractivity contribution in [3.8, 4) is 10.7 Å². The van der Waals surface area contributed by atoms with Crippen LogP contribution in [0.5, 0.6) is 0 Å². The van der Waals surface area contributed by atoms with E-state index in [9.17, 15) is 0 Å². The molecule has 4 nitrogen and oxygen atoms in total. The van der Waals surface area contributed by atoms with Crippen molar-refractivity contribution in [3.05, 3.63) is 21.8 Å². The third-order valence-electron chi connectivity index (χ3n) is 3.12. The highest BCUT2D eigenvalue weighted by Gasteiger charge is 2.30. The summed E-state index contributed by atoms with van der Waals surface area (Å²) in [6.07, 6.45) is 3.25. The first kappa shape index (κ1) is 11.4. The quantitative estimate of drug-likeness (QED) is 0.925. The van der Waals surface area contributed by atoms with E-state index in [1.165, 1.54) is 0 Å². The molecule has 0 aliphatic heterocycles. The van der Waals surface area contributed by atoms with Crippen LogP contribution in [-0.4, -0.2) is 16.2 Å². The molecule has 2 aromatic heterocycles. The molecule has 0 aromatic carbocycles. The van der Waals surface area contributed by atoms with Crippen LogP contribution in [0.1, 0.15) is 31.1 Å². The highest BCUT2D eigenvalue weighted by molar-refractivity contribution is 9.11. The lowest BCUT2D eigenvalue weighted by atomic mass is 10.1. The number of aromatic nitrogens is 2. The van der Waals surface area contributed by atoms with Crippen LogP contribution in [0.15, 0.2) is 20.4 Å². The van der Waals surface area contributed by atoms with Crippen LogP contribution in [-0.2, 0) is 0 Å². The molecule has 0 spiro atoms. The van der Waals surface area contributed by atoms with Gasteiger partial charge in [0.1, 0.15) is 0 Å². The number of thiophene rings is 1. The molecule has 0 saturated heterocycles. The van der Waals surface area contributed by atoms with E-state index < -0.39 is 0 Å². The molecule has 2 N–H and O–H groups in total. The molecule has 1 aliphatic carbocycles. The van der Waals surface area contributed by atoms with Crippen LogP contribution in [0.25, 0.3) is 10.7 Å². The third-order valence-corrected chi connectivity index (χ3v) is 4.74. The average molecular weight is 314 g/mol. The van der Waals surface area contributed by atoms with Gasteiger partial charge in [-0.2, -0.15) is 4.98 Å². The molecule has 2 unspecified atom stereocenters. The molecule has 17 heavy (non-hydrogen) atoms. The summed E-state index contributed by atoms with van der Waals surface area (Å²) in [6.45, 7) is 0. The number of nitrogens with zero attached hydrogens (tertiary/aromatic N) is 2. The second-order valence-corrected chi connectivity index (χ2v) is 6.72. The summed E-state index contributed by atoms with van der Waals surface area (Å²) in [6, 6.07) is 4.13. The van der Waals surface area contributed by atoms with Crippen LogP contribution >= 0.6 is 27.3 Å². The van der Waals surface area contributed by atoms with Crippen molar-refractivity contribution in [2.24, 2.45) is 5.73 Å². The number of rotatable bonds is 2. The molecule has 1 fully saturated rings. The van der Waals surface area contributed by atoms with E-state index in [1.807, 2.05) is 12.1 Å². The van der Waals surface area contributed by atoms with Crippen molar-refractivity contribution in [2.45, 2.75) is 31.2 Å². The Labute approximate surface area is 111 Å². The zero-order chi connectivity index (χ0) is 11.8. The molecule has 1 saturated carbocycles. The molecule has 90 valence electrons. The van der Waals surface area contributed by atoms with Gasteiger partial charge < -0.3 is 10.3 Å². The summed E-state index contributed by atoms with van der Waals surface area (Å²) in [4.78, 5) is 5.47. The Hall–Kier alpha value is -0.720. The first-order chi connectivity index (χ1) is 8.24. The predicted molar refractivity (Wildman–Crippen MR) is 69.9 cm³/mol. The summed E-state index contributed by atoms with van der Waals surface area (Å²) in [5, 5.41) is 4.03. The molecule has 3 rings (SSSR count). The number of hydrogen-bond acceptors (Lipinski definition) is 5. The van der Waals surface area contributed by atoms with E-state index in [0.717, 1.165) is 27.9 Å². The van der Waals surface area contributed by atoms with Gasteiger partial charge in [-0.25, -0.2) is 0 Å². The third kappa shape index (κ3) is 2.17. The minimum atomic E-state index is 0.165. The van der Waals surface area contributed by atoms with Gasteiger partial charge in [0.05, 0.1) is 14.6 Å². The lowest BCUT2D eigenvalue weighted by Gasteiger charge is -2.08. The Kier molecular flexibility index (Phi) is 3.02. The first-order valence-corrected chi connectivity index (χ1v) is 7.20. The Morgan fingerprint density at radius 3 is 2.94 bits per heavy atom. The van der Waals surface area contributed by atoms with Crippen molar-refractivity contribution in [1.82, 2.24) is 10.1 Å². The molecule has 2 aromatic rings. The molecular weight excluding hydrogens is 302 g/mol. The van der Waals surface area contributed by atoms with Gasteiger partial charge in [0.15, 0.2) is 0 Å². The molecule has 0 amide bonds. The minimum absolute atomic E-state index is 0.165. The number of nitrogens with two attached hydrogens (primary N) is 1. The van der Waals surface area contributed by atoms with Crippen molar-refractivity contribution < 1.29 is 4.52 Å². The fourth-order valence-electron chi connectivity index (χ4n) is 2.22. The predicted octanol–water partition coefficient (Wildman–Crippen LogP) is 3.16. The fourth-order valence-corrected chi connectivity index (χ4v) is 3.53. The summed E-state index contributed by atoms with van der Waals surface area (Å²) >= 11 is 5.02. The summed E-state index contributed by atoms with van der Waals surface area (Å²) in [5.41, 5.74) is 6.03. The van der Waals surface area contributed by atoms with Gasteiger partial charge in [0, 0.05) is 6.04 Å². The van der Waals surface area contributed by atoms with Crippen LogP contribution < -0.4 is 5.73 Å². The summed E-state index contributed by atoms with van der Waals surface area (Å²) < 4.78 is 6.40. The number of hydrogen-bond donors (Lipinski definition) is 1. The Morgan fingerprint density at radius 1 is 1.41 bits per heavy atom. The lowest BCUT2D eigenvalue weighted by molar-refractivity contribution is 0.345. The standard InChI is InChI=1S/C11H12BrN3OS/c12-9-5-4-8(17-9)10-14-11(16-15-10)6-2-1-3-7(6)13/h4-7H,1-3,13H2. The summed E-state index contributed by atoms with van der Waals surface area (Å²) in [5.74, 6) is 1.59. The van der Waals surface area contributed by atoms with Crippen molar-refractivity contribution in [3.63, 3.8) is 0 Å². The largest absolute Gasteiger partial charge is 0.339 e. The second kappa shape index (κ2) is 4.51. The topological polar surface area (TPSA) is 64.9 Å². The molecule has 2 atom stereocenters. The zero-order valence-electron chi connectivity index (χ0n) is 9.10. The number of halogens is 1. The molecule has 0 radical (unpaired) electrons. The Balaban J connectivity index is 1.87. The van der Waals surface area contributed by atoms with E-state index >= 15 is 0 Å². The highest BCUT2D eigenvalue weighted by atomic mass is 79.9. The average Bonchev–Trinajstić information content (AvgIpc) is 2.97. The van der Waals surface area contributed by atoms with Crippen LogP contribution in [0.3, 0.4) is 0 Å². The molecule has 0 bridgehead atoms.